The largest absolute Gasteiger partial charge is 0.393 e. The van der Waals surface area contributed by atoms with Crippen molar-refractivity contribution in [2.75, 3.05) is 0 Å². The molecule has 4 aliphatic rings. The fraction of sp³-hybridized carbons (Fsp3) is 1.00. The third-order valence-corrected chi connectivity index (χ3v) is 11.8. The molecule has 180 valence electrons. The second-order valence-corrected chi connectivity index (χ2v) is 13.7. The van der Waals surface area contributed by atoms with Gasteiger partial charge in [-0.1, -0.05) is 67.2 Å². The molecule has 0 bridgehead atoms. The average Bonchev–Trinajstić information content (AvgIpc) is 3.07. The molecule has 0 amide bonds. The highest BCUT2D eigenvalue weighted by Crippen LogP contribution is 2.69. The average molecular weight is 431 g/mol. The molecule has 4 rings (SSSR count). The topological polar surface area (TPSA) is 20.2 Å². The van der Waals surface area contributed by atoms with E-state index in [-0.39, 0.29) is 6.10 Å². The van der Waals surface area contributed by atoms with Crippen LogP contribution in [0.15, 0.2) is 0 Å². The Morgan fingerprint density at radius 2 is 1.48 bits per heavy atom. The van der Waals surface area contributed by atoms with Crippen molar-refractivity contribution in [3.63, 3.8) is 0 Å². The van der Waals surface area contributed by atoms with Crippen molar-refractivity contribution in [1.29, 1.82) is 0 Å². The van der Waals surface area contributed by atoms with Gasteiger partial charge in [-0.05, 0) is 116 Å². The fourth-order valence-corrected chi connectivity index (χ4v) is 10.3. The lowest BCUT2D eigenvalue weighted by Gasteiger charge is -2.63. The SMILES string of the molecule is CCC[C@@H]1[C@H](O)CC[C@@]2(C)[C@H]1CC[C@@H]1[C@@H]2CC[C@]2(C)[C@@H]([C@H](C)CCCC(C)C)CC[C@@H]12. The molecule has 4 aliphatic carbocycles. The third kappa shape index (κ3) is 4.17. The molecule has 0 aliphatic heterocycles. The van der Waals surface area contributed by atoms with Gasteiger partial charge in [0.15, 0.2) is 0 Å². The Morgan fingerprint density at radius 1 is 0.806 bits per heavy atom. The fourth-order valence-electron chi connectivity index (χ4n) is 10.3. The van der Waals surface area contributed by atoms with Crippen LogP contribution in [0.2, 0.25) is 0 Å². The lowest BCUT2D eigenvalue weighted by molar-refractivity contribution is -0.153. The van der Waals surface area contributed by atoms with Gasteiger partial charge in [-0.3, -0.25) is 0 Å². The van der Waals surface area contributed by atoms with E-state index in [1.807, 2.05) is 0 Å². The molecule has 0 aromatic rings. The van der Waals surface area contributed by atoms with E-state index in [4.69, 9.17) is 0 Å². The molecule has 1 N–H and O–H groups in total. The Labute approximate surface area is 194 Å². The maximum atomic E-state index is 10.8. The predicted molar refractivity (Wildman–Crippen MR) is 133 cm³/mol. The number of aliphatic hydroxyl groups excluding tert-OH is 1. The van der Waals surface area contributed by atoms with Gasteiger partial charge in [0.2, 0.25) is 0 Å². The van der Waals surface area contributed by atoms with Crippen LogP contribution in [-0.2, 0) is 0 Å². The van der Waals surface area contributed by atoms with Crippen molar-refractivity contribution in [3.8, 4) is 0 Å². The van der Waals surface area contributed by atoms with Gasteiger partial charge in [-0.15, -0.1) is 0 Å². The van der Waals surface area contributed by atoms with E-state index in [1.165, 1.54) is 77.0 Å². The molecule has 0 spiro atoms. The van der Waals surface area contributed by atoms with Crippen LogP contribution < -0.4 is 0 Å². The Morgan fingerprint density at radius 3 is 2.19 bits per heavy atom. The molecule has 0 unspecified atom stereocenters. The summed E-state index contributed by atoms with van der Waals surface area (Å²) in [5.41, 5.74) is 1.11. The van der Waals surface area contributed by atoms with Gasteiger partial charge in [-0.25, -0.2) is 0 Å². The van der Waals surface area contributed by atoms with Crippen LogP contribution in [0.3, 0.4) is 0 Å². The van der Waals surface area contributed by atoms with Crippen LogP contribution in [-0.4, -0.2) is 11.2 Å². The van der Waals surface area contributed by atoms with E-state index >= 15 is 0 Å². The summed E-state index contributed by atoms with van der Waals surface area (Å²) in [6.07, 6.45) is 18.0. The Bertz CT molecular complexity index is 597. The zero-order chi connectivity index (χ0) is 22.4. The number of aliphatic hydroxyl groups is 1. The van der Waals surface area contributed by atoms with Crippen molar-refractivity contribution in [1.82, 2.24) is 0 Å². The van der Waals surface area contributed by atoms with Crippen molar-refractivity contribution in [2.45, 2.75) is 131 Å². The normalized spacial score (nSPS) is 48.2. The number of hydrogen-bond donors (Lipinski definition) is 1. The van der Waals surface area contributed by atoms with Crippen molar-refractivity contribution in [2.24, 2.45) is 58.2 Å². The molecule has 10 atom stereocenters. The summed E-state index contributed by atoms with van der Waals surface area (Å²) in [7, 11) is 0. The molecule has 4 saturated carbocycles. The summed E-state index contributed by atoms with van der Waals surface area (Å²) in [4.78, 5) is 0. The maximum Gasteiger partial charge on any atom is 0.0571 e. The molecule has 1 nitrogen and oxygen atoms in total. The van der Waals surface area contributed by atoms with Gasteiger partial charge >= 0.3 is 0 Å². The summed E-state index contributed by atoms with van der Waals surface area (Å²) in [5, 5.41) is 10.8. The number of hydrogen-bond acceptors (Lipinski definition) is 1. The molecule has 0 aromatic carbocycles. The summed E-state index contributed by atoms with van der Waals surface area (Å²) in [6.45, 7) is 15.1. The molecule has 0 heterocycles. The first-order valence-electron chi connectivity index (χ1n) is 14.4. The molecule has 0 radical (unpaired) electrons. The zero-order valence-corrected chi connectivity index (χ0v) is 21.8. The van der Waals surface area contributed by atoms with Crippen molar-refractivity contribution in [3.05, 3.63) is 0 Å². The number of fused-ring (bicyclic) bond motifs is 5. The van der Waals surface area contributed by atoms with E-state index in [2.05, 4.69) is 41.5 Å². The highest BCUT2D eigenvalue weighted by molar-refractivity contribution is 5.10. The summed E-state index contributed by atoms with van der Waals surface area (Å²) in [6, 6.07) is 0. The lowest BCUT2D eigenvalue weighted by atomic mass is 9.42. The first kappa shape index (κ1) is 24.1. The summed E-state index contributed by atoms with van der Waals surface area (Å²) in [5.74, 6) is 7.00. The third-order valence-electron chi connectivity index (χ3n) is 11.8. The van der Waals surface area contributed by atoms with Gasteiger partial charge in [-0.2, -0.15) is 0 Å². The molecule has 1 heteroatoms. The van der Waals surface area contributed by atoms with E-state index in [1.54, 1.807) is 0 Å². The van der Waals surface area contributed by atoms with Crippen LogP contribution in [0.25, 0.3) is 0 Å². The quantitative estimate of drug-likeness (QED) is 0.429. The summed E-state index contributed by atoms with van der Waals surface area (Å²) >= 11 is 0. The molecular formula is C30H54O. The van der Waals surface area contributed by atoms with Gasteiger partial charge in [0, 0.05) is 0 Å². The van der Waals surface area contributed by atoms with Crippen LogP contribution >= 0.6 is 0 Å². The lowest BCUT2D eigenvalue weighted by Crippen LogP contribution is -2.56. The Balaban J connectivity index is 1.48. The monoisotopic (exact) mass is 430 g/mol. The molecular weight excluding hydrogens is 376 g/mol. The second-order valence-electron chi connectivity index (χ2n) is 13.7. The Kier molecular flexibility index (Phi) is 7.23. The maximum absolute atomic E-state index is 10.8. The van der Waals surface area contributed by atoms with Crippen LogP contribution in [0.1, 0.15) is 125 Å². The van der Waals surface area contributed by atoms with E-state index < -0.39 is 0 Å². The van der Waals surface area contributed by atoms with E-state index in [0.29, 0.717) is 16.7 Å². The minimum absolute atomic E-state index is 0.0222. The standard InChI is InChI=1S/C30H54O/c1-7-9-23-26-13-12-22-25-15-14-24(21(4)11-8-10-20(2)3)29(25,5)18-16-27(22)30(26,6)19-17-28(23)31/h20-28,31H,7-19H2,1-6H3/t21-,22+,23+,24-,25+,26+,27+,28-,29-,30+/m1/s1. The van der Waals surface area contributed by atoms with Crippen molar-refractivity contribution >= 4 is 0 Å². The molecule has 0 saturated heterocycles. The highest BCUT2D eigenvalue weighted by Gasteiger charge is 2.61. The smallest absolute Gasteiger partial charge is 0.0571 e. The first-order chi connectivity index (χ1) is 14.7. The van der Waals surface area contributed by atoms with Crippen LogP contribution in [0.4, 0.5) is 0 Å². The van der Waals surface area contributed by atoms with Gasteiger partial charge in [0.05, 0.1) is 6.10 Å². The van der Waals surface area contributed by atoms with Gasteiger partial charge in [0.1, 0.15) is 0 Å². The molecule has 4 fully saturated rings. The highest BCUT2D eigenvalue weighted by atomic mass is 16.3. The molecule has 0 aromatic heterocycles. The molecule has 31 heavy (non-hydrogen) atoms. The summed E-state index contributed by atoms with van der Waals surface area (Å²) < 4.78 is 0. The van der Waals surface area contributed by atoms with Gasteiger partial charge < -0.3 is 5.11 Å². The van der Waals surface area contributed by atoms with Crippen molar-refractivity contribution < 1.29 is 5.11 Å². The van der Waals surface area contributed by atoms with Crippen LogP contribution in [0, 0.1) is 58.2 Å². The number of rotatable bonds is 7. The first-order valence-corrected chi connectivity index (χ1v) is 14.4. The minimum Gasteiger partial charge on any atom is -0.393 e. The van der Waals surface area contributed by atoms with E-state index in [9.17, 15) is 5.11 Å². The van der Waals surface area contributed by atoms with E-state index in [0.717, 1.165) is 47.8 Å². The van der Waals surface area contributed by atoms with Gasteiger partial charge in [0.25, 0.3) is 0 Å². The minimum atomic E-state index is -0.0222. The predicted octanol–water partition coefficient (Wildman–Crippen LogP) is 8.49. The zero-order valence-electron chi connectivity index (χ0n) is 21.8. The second kappa shape index (κ2) is 9.31. The Hall–Kier alpha value is -0.0400. The van der Waals surface area contributed by atoms with Crippen LogP contribution in [0.5, 0.6) is 0 Å².